The SMILES string of the molecule is CC(CC(F)(F)F)NC(C)C1CC2C=CC1C2. The van der Waals surface area contributed by atoms with Crippen LogP contribution in [0.4, 0.5) is 13.2 Å². The van der Waals surface area contributed by atoms with Crippen molar-refractivity contribution in [2.75, 3.05) is 0 Å². The quantitative estimate of drug-likeness (QED) is 0.749. The summed E-state index contributed by atoms with van der Waals surface area (Å²) in [4.78, 5) is 0. The Bertz CT molecular complexity index is 298. The first-order valence-electron chi connectivity index (χ1n) is 6.36. The molecular weight excluding hydrogens is 227 g/mol. The third-order valence-electron chi connectivity index (χ3n) is 4.06. The van der Waals surface area contributed by atoms with Crippen LogP contribution < -0.4 is 5.32 Å². The van der Waals surface area contributed by atoms with Crippen LogP contribution in [0.3, 0.4) is 0 Å². The van der Waals surface area contributed by atoms with Gasteiger partial charge in [0.15, 0.2) is 0 Å². The molecule has 0 amide bonds. The van der Waals surface area contributed by atoms with Gasteiger partial charge in [0.25, 0.3) is 0 Å². The Morgan fingerprint density at radius 2 is 1.94 bits per heavy atom. The lowest BCUT2D eigenvalue weighted by Crippen LogP contribution is -2.42. The highest BCUT2D eigenvalue weighted by molar-refractivity contribution is 5.11. The zero-order chi connectivity index (χ0) is 12.6. The average Bonchev–Trinajstić information content (AvgIpc) is 2.74. The summed E-state index contributed by atoms with van der Waals surface area (Å²) >= 11 is 0. The topological polar surface area (TPSA) is 12.0 Å². The first kappa shape index (κ1) is 12.9. The fraction of sp³-hybridized carbons (Fsp3) is 0.846. The molecule has 0 saturated heterocycles. The zero-order valence-electron chi connectivity index (χ0n) is 10.3. The Kier molecular flexibility index (Phi) is 3.53. The highest BCUT2D eigenvalue weighted by Gasteiger charge is 2.39. The summed E-state index contributed by atoms with van der Waals surface area (Å²) in [5.74, 6) is 1.77. The molecule has 17 heavy (non-hydrogen) atoms. The minimum atomic E-state index is -4.07. The molecule has 0 aromatic heterocycles. The number of hydrogen-bond acceptors (Lipinski definition) is 1. The molecule has 0 aromatic carbocycles. The maximum absolute atomic E-state index is 12.2. The largest absolute Gasteiger partial charge is 0.390 e. The number of rotatable bonds is 4. The van der Waals surface area contributed by atoms with Crippen molar-refractivity contribution in [2.45, 2.75) is 51.4 Å². The molecule has 2 rings (SSSR count). The molecule has 5 atom stereocenters. The van der Waals surface area contributed by atoms with Gasteiger partial charge >= 0.3 is 6.18 Å². The molecule has 0 radical (unpaired) electrons. The maximum Gasteiger partial charge on any atom is 0.390 e. The van der Waals surface area contributed by atoms with Crippen LogP contribution in [0.2, 0.25) is 0 Å². The molecule has 0 aliphatic heterocycles. The van der Waals surface area contributed by atoms with Crippen LogP contribution in [-0.2, 0) is 0 Å². The van der Waals surface area contributed by atoms with Gasteiger partial charge in [0.1, 0.15) is 0 Å². The smallest absolute Gasteiger partial charge is 0.311 e. The van der Waals surface area contributed by atoms with E-state index in [2.05, 4.69) is 17.5 Å². The van der Waals surface area contributed by atoms with Crippen molar-refractivity contribution >= 4 is 0 Å². The summed E-state index contributed by atoms with van der Waals surface area (Å²) in [7, 11) is 0. The fourth-order valence-corrected chi connectivity index (χ4v) is 3.38. The van der Waals surface area contributed by atoms with E-state index in [0.29, 0.717) is 17.8 Å². The van der Waals surface area contributed by atoms with E-state index >= 15 is 0 Å². The normalized spacial score (nSPS) is 35.2. The monoisotopic (exact) mass is 247 g/mol. The van der Waals surface area contributed by atoms with Crippen molar-refractivity contribution in [1.82, 2.24) is 5.32 Å². The van der Waals surface area contributed by atoms with Crippen LogP contribution in [0.15, 0.2) is 12.2 Å². The Morgan fingerprint density at radius 3 is 2.41 bits per heavy atom. The van der Waals surface area contributed by atoms with E-state index < -0.39 is 18.6 Å². The van der Waals surface area contributed by atoms with Crippen molar-refractivity contribution in [1.29, 1.82) is 0 Å². The van der Waals surface area contributed by atoms with Crippen molar-refractivity contribution in [2.24, 2.45) is 17.8 Å². The first-order valence-corrected chi connectivity index (χ1v) is 6.36. The van der Waals surface area contributed by atoms with Crippen LogP contribution in [-0.4, -0.2) is 18.3 Å². The summed E-state index contributed by atoms with van der Waals surface area (Å²) in [6.07, 6.45) is 2.02. The van der Waals surface area contributed by atoms with Gasteiger partial charge in [0.2, 0.25) is 0 Å². The van der Waals surface area contributed by atoms with Crippen LogP contribution in [0.25, 0.3) is 0 Å². The molecule has 2 aliphatic carbocycles. The van der Waals surface area contributed by atoms with Crippen molar-refractivity contribution in [3.05, 3.63) is 12.2 Å². The summed E-state index contributed by atoms with van der Waals surface area (Å²) in [6, 6.07) is -0.319. The van der Waals surface area contributed by atoms with Crippen molar-refractivity contribution < 1.29 is 13.2 Å². The van der Waals surface area contributed by atoms with Gasteiger partial charge < -0.3 is 5.32 Å². The van der Waals surface area contributed by atoms with Gasteiger partial charge in [-0.1, -0.05) is 12.2 Å². The molecule has 4 heteroatoms. The Hall–Kier alpha value is -0.510. The van der Waals surface area contributed by atoms with Gasteiger partial charge in [-0.25, -0.2) is 0 Å². The molecule has 0 spiro atoms. The average molecular weight is 247 g/mol. The molecular formula is C13H20F3N. The molecule has 2 aliphatic rings. The Morgan fingerprint density at radius 1 is 1.24 bits per heavy atom. The lowest BCUT2D eigenvalue weighted by atomic mass is 9.87. The van der Waals surface area contributed by atoms with E-state index in [9.17, 15) is 13.2 Å². The fourth-order valence-electron chi connectivity index (χ4n) is 3.38. The molecule has 2 bridgehead atoms. The third-order valence-corrected chi connectivity index (χ3v) is 4.06. The Labute approximate surface area is 100 Å². The van der Waals surface area contributed by atoms with Gasteiger partial charge in [-0.05, 0) is 44.4 Å². The summed E-state index contributed by atoms with van der Waals surface area (Å²) in [5.41, 5.74) is 0. The van der Waals surface area contributed by atoms with Crippen LogP contribution in [0, 0.1) is 17.8 Å². The minimum absolute atomic E-state index is 0.173. The lowest BCUT2D eigenvalue weighted by molar-refractivity contribution is -0.139. The van der Waals surface area contributed by atoms with Crippen molar-refractivity contribution in [3.8, 4) is 0 Å². The second-order valence-electron chi connectivity index (χ2n) is 5.62. The second-order valence-corrected chi connectivity index (χ2v) is 5.62. The third kappa shape index (κ3) is 3.24. The molecule has 1 nitrogen and oxygen atoms in total. The molecule has 98 valence electrons. The van der Waals surface area contributed by atoms with E-state index in [1.165, 1.54) is 6.42 Å². The van der Waals surface area contributed by atoms with E-state index in [-0.39, 0.29) is 6.04 Å². The predicted molar refractivity (Wildman–Crippen MR) is 61.6 cm³/mol. The molecule has 1 N–H and O–H groups in total. The highest BCUT2D eigenvalue weighted by Crippen LogP contribution is 2.44. The van der Waals surface area contributed by atoms with Gasteiger partial charge in [-0.15, -0.1) is 0 Å². The number of hydrogen-bond donors (Lipinski definition) is 1. The molecule has 1 saturated carbocycles. The summed E-state index contributed by atoms with van der Waals surface area (Å²) in [6.45, 7) is 3.64. The molecule has 1 fully saturated rings. The summed E-state index contributed by atoms with van der Waals surface area (Å²) in [5, 5.41) is 3.11. The van der Waals surface area contributed by atoms with Gasteiger partial charge in [-0.3, -0.25) is 0 Å². The van der Waals surface area contributed by atoms with E-state index in [1.54, 1.807) is 6.92 Å². The van der Waals surface area contributed by atoms with E-state index in [0.717, 1.165) is 6.42 Å². The molecule has 0 heterocycles. The number of fused-ring (bicyclic) bond motifs is 2. The highest BCUT2D eigenvalue weighted by atomic mass is 19.4. The van der Waals surface area contributed by atoms with Gasteiger partial charge in [-0.2, -0.15) is 13.2 Å². The number of halogens is 3. The van der Waals surface area contributed by atoms with Crippen LogP contribution in [0.1, 0.15) is 33.1 Å². The predicted octanol–water partition coefficient (Wildman–Crippen LogP) is 3.52. The lowest BCUT2D eigenvalue weighted by Gasteiger charge is -2.29. The van der Waals surface area contributed by atoms with Gasteiger partial charge in [0.05, 0.1) is 6.42 Å². The molecule has 0 aromatic rings. The number of nitrogens with one attached hydrogen (secondary N) is 1. The van der Waals surface area contributed by atoms with Crippen LogP contribution >= 0.6 is 0 Å². The first-order chi connectivity index (χ1) is 7.85. The maximum atomic E-state index is 12.2. The number of alkyl halides is 3. The second kappa shape index (κ2) is 4.63. The number of allylic oxidation sites excluding steroid dienone is 2. The van der Waals surface area contributed by atoms with Gasteiger partial charge in [0, 0.05) is 12.1 Å². The zero-order valence-corrected chi connectivity index (χ0v) is 10.3. The van der Waals surface area contributed by atoms with E-state index in [4.69, 9.17) is 0 Å². The van der Waals surface area contributed by atoms with Crippen molar-refractivity contribution in [3.63, 3.8) is 0 Å². The molecule has 5 unspecified atom stereocenters. The summed E-state index contributed by atoms with van der Waals surface area (Å²) < 4.78 is 36.7. The van der Waals surface area contributed by atoms with Crippen LogP contribution in [0.5, 0.6) is 0 Å². The Balaban J connectivity index is 1.81. The minimum Gasteiger partial charge on any atom is -0.311 e. The standard InChI is InChI=1S/C13H20F3N/c1-8(7-13(14,15)16)17-9(2)12-6-10-3-4-11(12)5-10/h3-4,8-12,17H,5-7H2,1-2H3. The van der Waals surface area contributed by atoms with E-state index in [1.807, 2.05) is 6.92 Å².